The summed E-state index contributed by atoms with van der Waals surface area (Å²) in [5.41, 5.74) is 5.52. The number of ether oxygens (including phenoxy) is 2. The Balaban J connectivity index is 1.83. The smallest absolute Gasteiger partial charge is 0.336 e. The molecule has 1 atom stereocenters. The summed E-state index contributed by atoms with van der Waals surface area (Å²) in [6.45, 7) is 1.98. The Morgan fingerprint density at radius 2 is 1.48 bits per heavy atom. The zero-order valence-corrected chi connectivity index (χ0v) is 18.9. The zero-order chi connectivity index (χ0) is 23.2. The van der Waals surface area contributed by atoms with Gasteiger partial charge in [-0.15, -0.1) is 0 Å². The quantitative estimate of drug-likeness (QED) is 0.544. The summed E-state index contributed by atoms with van der Waals surface area (Å²) < 4.78 is 10.3. The standard InChI is InChI=1S/C28H25NO4/c1-18-14-15-22-21(16-18)24(26(30)32-2)25(27(31)33-3)23-17-28(29(22)23,19-10-6-4-7-11-19)20-12-8-5-9-13-20/h4-16,24H,17H2,1-3H3. The van der Waals surface area contributed by atoms with Crippen molar-refractivity contribution in [3.8, 4) is 0 Å². The number of rotatable bonds is 4. The fourth-order valence-corrected chi connectivity index (χ4v) is 5.30. The van der Waals surface area contributed by atoms with Crippen LogP contribution in [0.1, 0.15) is 34.6 Å². The molecule has 166 valence electrons. The number of carbonyl (C=O) groups excluding carboxylic acids is 2. The van der Waals surface area contributed by atoms with Gasteiger partial charge in [-0.1, -0.05) is 78.4 Å². The highest BCUT2D eigenvalue weighted by atomic mass is 16.5. The number of methoxy groups -OCH3 is 2. The first-order chi connectivity index (χ1) is 16.0. The van der Waals surface area contributed by atoms with Gasteiger partial charge in [-0.3, -0.25) is 4.79 Å². The Labute approximate surface area is 193 Å². The van der Waals surface area contributed by atoms with Crippen molar-refractivity contribution in [2.45, 2.75) is 24.8 Å². The van der Waals surface area contributed by atoms with Crippen LogP contribution in [0.2, 0.25) is 0 Å². The normalized spacial score (nSPS) is 18.0. The van der Waals surface area contributed by atoms with E-state index in [1.807, 2.05) is 61.5 Å². The van der Waals surface area contributed by atoms with Gasteiger partial charge >= 0.3 is 11.9 Å². The lowest BCUT2D eigenvalue weighted by Crippen LogP contribution is -2.59. The van der Waals surface area contributed by atoms with Crippen molar-refractivity contribution in [1.82, 2.24) is 0 Å². The van der Waals surface area contributed by atoms with E-state index in [0.717, 1.165) is 33.6 Å². The highest BCUT2D eigenvalue weighted by Gasteiger charge is 2.57. The van der Waals surface area contributed by atoms with E-state index < -0.39 is 23.4 Å². The minimum atomic E-state index is -0.826. The molecule has 5 rings (SSSR count). The number of nitrogens with zero attached hydrogens (tertiary/aromatic N) is 1. The molecule has 2 aliphatic heterocycles. The van der Waals surface area contributed by atoms with Gasteiger partial charge < -0.3 is 14.4 Å². The number of fused-ring (bicyclic) bond motifs is 3. The van der Waals surface area contributed by atoms with Crippen LogP contribution in [-0.2, 0) is 24.6 Å². The van der Waals surface area contributed by atoms with E-state index in [4.69, 9.17) is 9.47 Å². The van der Waals surface area contributed by atoms with Crippen molar-refractivity contribution in [3.05, 3.63) is 112 Å². The van der Waals surface area contributed by atoms with Crippen LogP contribution in [0.3, 0.4) is 0 Å². The van der Waals surface area contributed by atoms with Crippen LogP contribution < -0.4 is 4.90 Å². The zero-order valence-electron chi connectivity index (χ0n) is 18.9. The SMILES string of the molecule is COC(=O)C1=C2CC(c3ccccc3)(c3ccccc3)N2c2ccc(C)cc2C1C(=O)OC. The van der Waals surface area contributed by atoms with E-state index in [0.29, 0.717) is 12.0 Å². The molecule has 1 fully saturated rings. The van der Waals surface area contributed by atoms with Gasteiger partial charge in [0.25, 0.3) is 0 Å². The largest absolute Gasteiger partial charge is 0.468 e. The van der Waals surface area contributed by atoms with Crippen molar-refractivity contribution in [2.75, 3.05) is 19.1 Å². The Morgan fingerprint density at radius 1 is 0.879 bits per heavy atom. The first-order valence-electron chi connectivity index (χ1n) is 10.9. The molecule has 1 saturated heterocycles. The van der Waals surface area contributed by atoms with Crippen LogP contribution in [0.25, 0.3) is 0 Å². The van der Waals surface area contributed by atoms with E-state index in [1.165, 1.54) is 14.2 Å². The lowest BCUT2D eigenvalue weighted by molar-refractivity contribution is -0.145. The minimum Gasteiger partial charge on any atom is -0.468 e. The average Bonchev–Trinajstić information content (AvgIpc) is 2.84. The molecular weight excluding hydrogens is 414 g/mol. The number of hydrogen-bond donors (Lipinski definition) is 0. The molecular formula is C28H25NO4. The number of carbonyl (C=O) groups is 2. The van der Waals surface area contributed by atoms with Crippen LogP contribution in [0.5, 0.6) is 0 Å². The third-order valence-corrected chi connectivity index (χ3v) is 6.75. The molecule has 0 amide bonds. The van der Waals surface area contributed by atoms with Crippen molar-refractivity contribution in [2.24, 2.45) is 0 Å². The fourth-order valence-electron chi connectivity index (χ4n) is 5.30. The molecule has 2 heterocycles. The monoisotopic (exact) mass is 439 g/mol. The second-order valence-corrected chi connectivity index (χ2v) is 8.47. The molecule has 33 heavy (non-hydrogen) atoms. The molecule has 0 bridgehead atoms. The van der Waals surface area contributed by atoms with Crippen LogP contribution >= 0.6 is 0 Å². The van der Waals surface area contributed by atoms with Gasteiger partial charge in [-0.2, -0.15) is 0 Å². The number of aryl methyl sites for hydroxylation is 1. The van der Waals surface area contributed by atoms with Gasteiger partial charge in [0.2, 0.25) is 0 Å². The van der Waals surface area contributed by atoms with Crippen molar-refractivity contribution >= 4 is 17.6 Å². The molecule has 3 aromatic rings. The van der Waals surface area contributed by atoms with E-state index in [2.05, 4.69) is 29.2 Å². The molecule has 5 heteroatoms. The van der Waals surface area contributed by atoms with Crippen LogP contribution in [0.4, 0.5) is 5.69 Å². The van der Waals surface area contributed by atoms with Gasteiger partial charge in [-0.25, -0.2) is 4.79 Å². The maximum atomic E-state index is 13.1. The predicted octanol–water partition coefficient (Wildman–Crippen LogP) is 4.85. The van der Waals surface area contributed by atoms with E-state index in [-0.39, 0.29) is 0 Å². The second-order valence-electron chi connectivity index (χ2n) is 8.47. The first kappa shape index (κ1) is 21.0. The second kappa shape index (κ2) is 7.93. The number of benzene rings is 3. The first-order valence-corrected chi connectivity index (χ1v) is 10.9. The minimum absolute atomic E-state index is 0.352. The summed E-state index contributed by atoms with van der Waals surface area (Å²) >= 11 is 0. The summed E-state index contributed by atoms with van der Waals surface area (Å²) in [5.74, 6) is -1.80. The van der Waals surface area contributed by atoms with Gasteiger partial charge in [-0.05, 0) is 29.7 Å². The summed E-state index contributed by atoms with van der Waals surface area (Å²) in [5, 5.41) is 0. The Morgan fingerprint density at radius 3 is 2.03 bits per heavy atom. The molecule has 2 aliphatic rings. The lowest BCUT2D eigenvalue weighted by Gasteiger charge is -2.59. The summed E-state index contributed by atoms with van der Waals surface area (Å²) in [7, 11) is 2.70. The van der Waals surface area contributed by atoms with Crippen LogP contribution in [-0.4, -0.2) is 26.2 Å². The van der Waals surface area contributed by atoms with E-state index >= 15 is 0 Å². The van der Waals surface area contributed by atoms with Crippen molar-refractivity contribution in [3.63, 3.8) is 0 Å². The highest BCUT2D eigenvalue weighted by molar-refractivity contribution is 6.03. The van der Waals surface area contributed by atoms with Crippen molar-refractivity contribution < 1.29 is 19.1 Å². The molecule has 3 aromatic carbocycles. The van der Waals surface area contributed by atoms with Gasteiger partial charge in [0.05, 0.1) is 19.8 Å². The molecule has 5 nitrogen and oxygen atoms in total. The van der Waals surface area contributed by atoms with Gasteiger partial charge in [0.15, 0.2) is 0 Å². The molecule has 0 aliphatic carbocycles. The van der Waals surface area contributed by atoms with E-state index in [9.17, 15) is 9.59 Å². The Bertz CT molecular complexity index is 1220. The molecule has 0 N–H and O–H groups in total. The molecule has 0 radical (unpaired) electrons. The van der Waals surface area contributed by atoms with Crippen molar-refractivity contribution in [1.29, 1.82) is 0 Å². The Kier molecular flexibility index (Phi) is 5.05. The summed E-state index contributed by atoms with van der Waals surface area (Å²) in [6.07, 6.45) is 0.562. The highest BCUT2D eigenvalue weighted by Crippen LogP contribution is 2.60. The average molecular weight is 440 g/mol. The Hall–Kier alpha value is -3.86. The topological polar surface area (TPSA) is 55.8 Å². The number of anilines is 1. The summed E-state index contributed by atoms with van der Waals surface area (Å²) in [6, 6.07) is 26.6. The summed E-state index contributed by atoms with van der Waals surface area (Å²) in [4.78, 5) is 28.2. The molecule has 1 unspecified atom stereocenters. The maximum Gasteiger partial charge on any atom is 0.336 e. The number of esters is 2. The lowest BCUT2D eigenvalue weighted by atomic mass is 9.66. The van der Waals surface area contributed by atoms with Gasteiger partial charge in [0, 0.05) is 17.8 Å². The predicted molar refractivity (Wildman–Crippen MR) is 126 cm³/mol. The molecule has 0 spiro atoms. The van der Waals surface area contributed by atoms with E-state index in [1.54, 1.807) is 0 Å². The molecule has 0 saturated carbocycles. The maximum absolute atomic E-state index is 13.1. The fraction of sp³-hybridized carbons (Fsp3) is 0.214. The third-order valence-electron chi connectivity index (χ3n) is 6.75. The van der Waals surface area contributed by atoms with Crippen LogP contribution in [0, 0.1) is 6.92 Å². The van der Waals surface area contributed by atoms with Gasteiger partial charge in [0.1, 0.15) is 11.5 Å². The number of hydrogen-bond acceptors (Lipinski definition) is 5. The van der Waals surface area contributed by atoms with Crippen LogP contribution in [0.15, 0.2) is 90.1 Å². The third kappa shape index (κ3) is 2.99. The molecule has 0 aromatic heterocycles.